The van der Waals surface area contributed by atoms with Gasteiger partial charge in [-0.15, -0.1) is 0 Å². The number of hydrogen-bond acceptors (Lipinski definition) is 1. The van der Waals surface area contributed by atoms with Gasteiger partial charge < -0.3 is 20.7 Å². The molecule has 4 nitrogen and oxygen atoms in total. The minimum Gasteiger partial charge on any atom is -0.362 e. The highest BCUT2D eigenvalue weighted by molar-refractivity contribution is 5.37. The van der Waals surface area contributed by atoms with Crippen molar-refractivity contribution in [3.8, 4) is 0 Å². The lowest BCUT2D eigenvalue weighted by Gasteiger charge is -2.25. The van der Waals surface area contributed by atoms with E-state index in [1.54, 1.807) is 0 Å². The molecular weight excluding hydrogens is 296 g/mol. The largest absolute Gasteiger partial charge is 0.362 e. The van der Waals surface area contributed by atoms with Gasteiger partial charge in [-0.25, -0.2) is 0 Å². The Bertz CT molecular complexity index is 829. The molecule has 3 aromatic rings. The molecule has 0 amide bonds. The minimum absolute atomic E-state index is 0.0965. The van der Waals surface area contributed by atoms with Gasteiger partial charge in [0.05, 0.1) is 0 Å². The van der Waals surface area contributed by atoms with E-state index >= 15 is 0 Å². The highest BCUT2D eigenvalue weighted by atomic mass is 14.8. The first-order valence-electron chi connectivity index (χ1n) is 8.49. The highest BCUT2D eigenvalue weighted by Crippen LogP contribution is 2.35. The minimum atomic E-state index is -0.132. The van der Waals surface area contributed by atoms with Gasteiger partial charge in [-0.1, -0.05) is 0 Å². The van der Waals surface area contributed by atoms with Gasteiger partial charge in [-0.2, -0.15) is 0 Å². The molecule has 0 aromatic carbocycles. The van der Waals surface area contributed by atoms with Gasteiger partial charge in [0.15, 0.2) is 0 Å². The van der Waals surface area contributed by atoms with Crippen molar-refractivity contribution in [2.45, 2.75) is 52.0 Å². The van der Waals surface area contributed by atoms with Crippen LogP contribution in [-0.2, 0) is 17.4 Å². The molecule has 0 aliphatic rings. The molecule has 0 radical (unpaired) electrons. The predicted molar refractivity (Wildman–Crippen MR) is 99.3 cm³/mol. The summed E-state index contributed by atoms with van der Waals surface area (Å²) in [6.07, 6.45) is 0. The molecule has 3 aromatic heterocycles. The number of aryl methyl sites for hydroxylation is 1. The van der Waals surface area contributed by atoms with Crippen molar-refractivity contribution in [1.82, 2.24) is 15.0 Å². The topological polar surface area (TPSA) is 73.4 Å². The van der Waals surface area contributed by atoms with Gasteiger partial charge in [-0.3, -0.25) is 0 Å². The molecule has 0 aliphatic heterocycles. The molecular formula is C20H28N4. The fourth-order valence-corrected chi connectivity index (χ4v) is 3.21. The maximum absolute atomic E-state index is 5.73. The van der Waals surface area contributed by atoms with Crippen molar-refractivity contribution in [2.75, 3.05) is 0 Å². The van der Waals surface area contributed by atoms with Crippen molar-refractivity contribution in [2.24, 2.45) is 5.73 Å². The van der Waals surface area contributed by atoms with Crippen LogP contribution in [0.3, 0.4) is 0 Å². The van der Waals surface area contributed by atoms with Crippen LogP contribution in [0.4, 0.5) is 0 Å². The van der Waals surface area contributed by atoms with E-state index in [1.165, 1.54) is 28.5 Å². The first-order valence-corrected chi connectivity index (χ1v) is 8.49. The predicted octanol–water partition coefficient (Wildman–Crippen LogP) is 4.09. The third-order valence-electron chi connectivity index (χ3n) is 5.18. The lowest BCUT2D eigenvalue weighted by molar-refractivity contribution is 0.572. The van der Waals surface area contributed by atoms with Crippen LogP contribution in [0.1, 0.15) is 61.9 Å². The molecule has 3 heterocycles. The second-order valence-corrected chi connectivity index (χ2v) is 7.69. The fourth-order valence-electron chi connectivity index (χ4n) is 3.21. The van der Waals surface area contributed by atoms with Crippen molar-refractivity contribution in [1.29, 1.82) is 0 Å². The SMILES string of the molecule is Cc1ccc(C(C)(C)c2ccc(C(C)(C)c3ccc(CN)[nH]3)[nH]2)[nH]1. The number of nitrogens with one attached hydrogen (secondary N) is 3. The summed E-state index contributed by atoms with van der Waals surface area (Å²) in [5.74, 6) is 0. The third kappa shape index (κ3) is 2.71. The molecule has 0 unspecified atom stereocenters. The Kier molecular flexibility index (Phi) is 3.96. The van der Waals surface area contributed by atoms with Gasteiger partial charge in [0, 0.05) is 51.5 Å². The summed E-state index contributed by atoms with van der Waals surface area (Å²) in [6, 6.07) is 12.9. The summed E-state index contributed by atoms with van der Waals surface area (Å²) >= 11 is 0. The zero-order valence-corrected chi connectivity index (χ0v) is 15.2. The lowest BCUT2D eigenvalue weighted by Crippen LogP contribution is -2.23. The number of nitrogens with two attached hydrogens (primary N) is 1. The summed E-state index contributed by atoms with van der Waals surface area (Å²) in [6.45, 7) is 11.5. The number of aromatic amines is 3. The molecule has 0 saturated carbocycles. The van der Waals surface area contributed by atoms with E-state index in [9.17, 15) is 0 Å². The third-order valence-corrected chi connectivity index (χ3v) is 5.18. The molecule has 0 aliphatic carbocycles. The lowest BCUT2D eigenvalue weighted by atomic mass is 9.85. The second-order valence-electron chi connectivity index (χ2n) is 7.69. The van der Waals surface area contributed by atoms with E-state index in [0.717, 1.165) is 5.69 Å². The molecule has 0 bridgehead atoms. The van der Waals surface area contributed by atoms with Gasteiger partial charge in [0.1, 0.15) is 0 Å². The number of aromatic nitrogens is 3. The maximum atomic E-state index is 5.73. The van der Waals surface area contributed by atoms with Crippen LogP contribution in [0.2, 0.25) is 0 Å². The van der Waals surface area contributed by atoms with Gasteiger partial charge in [0.2, 0.25) is 0 Å². The molecule has 3 rings (SSSR count). The molecule has 4 heteroatoms. The standard InChI is InChI=1S/C20H28N4/c1-13-6-8-15(22-13)19(2,3)17-10-11-18(24-17)20(4,5)16-9-7-14(12-21)23-16/h6-11,22-24H,12,21H2,1-5H3. The van der Waals surface area contributed by atoms with Crippen LogP contribution < -0.4 is 5.73 Å². The number of rotatable bonds is 5. The van der Waals surface area contributed by atoms with Gasteiger partial charge in [-0.05, 0) is 71.0 Å². The van der Waals surface area contributed by atoms with Crippen molar-refractivity contribution in [3.63, 3.8) is 0 Å². The summed E-state index contributed by atoms with van der Waals surface area (Å²) in [4.78, 5) is 10.6. The smallest absolute Gasteiger partial charge is 0.0447 e. The van der Waals surface area contributed by atoms with Gasteiger partial charge >= 0.3 is 0 Å². The van der Waals surface area contributed by atoms with Crippen molar-refractivity contribution < 1.29 is 0 Å². The average Bonchev–Trinajstić information content (AvgIpc) is 3.27. The van der Waals surface area contributed by atoms with E-state index in [2.05, 4.69) is 86.0 Å². The van der Waals surface area contributed by atoms with E-state index in [0.29, 0.717) is 6.54 Å². The monoisotopic (exact) mass is 324 g/mol. The Morgan fingerprint density at radius 2 is 1.17 bits per heavy atom. The van der Waals surface area contributed by atoms with Crippen molar-refractivity contribution >= 4 is 0 Å². The van der Waals surface area contributed by atoms with Crippen LogP contribution in [-0.4, -0.2) is 15.0 Å². The fraction of sp³-hybridized carbons (Fsp3) is 0.400. The zero-order chi connectivity index (χ0) is 17.5. The molecule has 5 N–H and O–H groups in total. The maximum Gasteiger partial charge on any atom is 0.0447 e. The first kappa shape index (κ1) is 16.7. The normalized spacial score (nSPS) is 12.8. The summed E-state index contributed by atoms with van der Waals surface area (Å²) in [5, 5.41) is 0. The first-order chi connectivity index (χ1) is 11.2. The van der Waals surface area contributed by atoms with Crippen LogP contribution in [0.15, 0.2) is 36.4 Å². The Morgan fingerprint density at radius 3 is 1.62 bits per heavy atom. The quantitative estimate of drug-likeness (QED) is 0.561. The molecule has 0 saturated heterocycles. The molecule has 24 heavy (non-hydrogen) atoms. The number of hydrogen-bond donors (Lipinski definition) is 4. The van der Waals surface area contributed by atoms with Crippen LogP contribution in [0.5, 0.6) is 0 Å². The molecule has 0 spiro atoms. The average molecular weight is 324 g/mol. The van der Waals surface area contributed by atoms with Gasteiger partial charge in [0.25, 0.3) is 0 Å². The summed E-state index contributed by atoms with van der Waals surface area (Å²) in [5.41, 5.74) is 12.5. The Hall–Kier alpha value is -2.20. The van der Waals surface area contributed by atoms with Crippen LogP contribution in [0, 0.1) is 6.92 Å². The van der Waals surface area contributed by atoms with Crippen molar-refractivity contribution in [3.05, 3.63) is 70.6 Å². The Labute approximate surface area is 143 Å². The molecule has 0 atom stereocenters. The second kappa shape index (κ2) is 5.71. The Balaban J connectivity index is 1.94. The van der Waals surface area contributed by atoms with Crippen LogP contribution in [0.25, 0.3) is 0 Å². The molecule has 128 valence electrons. The van der Waals surface area contributed by atoms with E-state index in [-0.39, 0.29) is 10.8 Å². The highest BCUT2D eigenvalue weighted by Gasteiger charge is 2.30. The van der Waals surface area contributed by atoms with E-state index in [1.807, 2.05) is 0 Å². The molecule has 0 fully saturated rings. The summed E-state index contributed by atoms with van der Waals surface area (Å²) < 4.78 is 0. The van der Waals surface area contributed by atoms with E-state index in [4.69, 9.17) is 5.73 Å². The van der Waals surface area contributed by atoms with Crippen LogP contribution >= 0.6 is 0 Å². The summed E-state index contributed by atoms with van der Waals surface area (Å²) in [7, 11) is 0. The zero-order valence-electron chi connectivity index (χ0n) is 15.2. The Morgan fingerprint density at radius 1 is 0.708 bits per heavy atom. The number of H-pyrrole nitrogens is 3. The van der Waals surface area contributed by atoms with E-state index < -0.39 is 0 Å².